The SMILES string of the molecule is COc1ccc2nc(S[C@@H](C)C(=O)NCCC3=CCCCC3)[nH]c2c1. The lowest BCUT2D eigenvalue weighted by molar-refractivity contribution is -0.120. The molecule has 0 spiro atoms. The van der Waals surface area contributed by atoms with E-state index in [0.717, 1.165) is 28.4 Å². The number of carbonyl (C=O) groups excluding carboxylic acids is 1. The van der Waals surface area contributed by atoms with Crippen LogP contribution in [0.2, 0.25) is 0 Å². The minimum absolute atomic E-state index is 0.0550. The summed E-state index contributed by atoms with van der Waals surface area (Å²) in [6, 6.07) is 5.71. The molecule has 5 nitrogen and oxygen atoms in total. The highest BCUT2D eigenvalue weighted by Gasteiger charge is 2.16. The Labute approximate surface area is 152 Å². The maximum absolute atomic E-state index is 12.3. The van der Waals surface area contributed by atoms with Crippen LogP contribution in [-0.4, -0.2) is 34.8 Å². The van der Waals surface area contributed by atoms with Crippen molar-refractivity contribution in [1.29, 1.82) is 0 Å². The molecular formula is C19H25N3O2S. The van der Waals surface area contributed by atoms with Gasteiger partial charge in [-0.1, -0.05) is 23.4 Å². The van der Waals surface area contributed by atoms with Crippen LogP contribution in [0.25, 0.3) is 11.0 Å². The lowest BCUT2D eigenvalue weighted by atomic mass is 9.97. The van der Waals surface area contributed by atoms with E-state index in [1.54, 1.807) is 7.11 Å². The van der Waals surface area contributed by atoms with E-state index < -0.39 is 0 Å². The zero-order valence-electron chi connectivity index (χ0n) is 14.8. The number of fused-ring (bicyclic) bond motifs is 1. The van der Waals surface area contributed by atoms with E-state index in [1.165, 1.54) is 43.0 Å². The van der Waals surface area contributed by atoms with Crippen molar-refractivity contribution in [2.24, 2.45) is 0 Å². The summed E-state index contributed by atoms with van der Waals surface area (Å²) in [4.78, 5) is 20.1. The summed E-state index contributed by atoms with van der Waals surface area (Å²) < 4.78 is 5.22. The van der Waals surface area contributed by atoms with E-state index in [-0.39, 0.29) is 11.2 Å². The molecule has 1 amide bonds. The van der Waals surface area contributed by atoms with Gasteiger partial charge in [-0.15, -0.1) is 0 Å². The van der Waals surface area contributed by atoms with Gasteiger partial charge in [0.25, 0.3) is 0 Å². The summed E-state index contributed by atoms with van der Waals surface area (Å²) >= 11 is 1.44. The van der Waals surface area contributed by atoms with Crippen molar-refractivity contribution in [2.45, 2.75) is 49.4 Å². The number of ether oxygens (including phenoxy) is 1. The van der Waals surface area contributed by atoms with Crippen molar-refractivity contribution < 1.29 is 9.53 Å². The number of nitrogens with zero attached hydrogens (tertiary/aromatic N) is 1. The Kier molecular flexibility index (Phi) is 6.02. The van der Waals surface area contributed by atoms with Gasteiger partial charge in [-0.05, 0) is 51.2 Å². The predicted octanol–water partition coefficient (Wildman–Crippen LogP) is 4.06. The predicted molar refractivity (Wildman–Crippen MR) is 102 cm³/mol. The number of hydrogen-bond donors (Lipinski definition) is 2. The molecule has 1 aliphatic carbocycles. The minimum Gasteiger partial charge on any atom is -0.497 e. The fourth-order valence-corrected chi connectivity index (χ4v) is 3.84. The first-order chi connectivity index (χ1) is 12.2. The van der Waals surface area contributed by atoms with E-state index in [0.29, 0.717) is 6.54 Å². The van der Waals surface area contributed by atoms with Gasteiger partial charge in [-0.2, -0.15) is 0 Å². The first-order valence-corrected chi connectivity index (χ1v) is 9.69. The average Bonchev–Trinajstić information content (AvgIpc) is 3.03. The maximum Gasteiger partial charge on any atom is 0.233 e. The first kappa shape index (κ1) is 17.9. The number of rotatable bonds is 7. The lowest BCUT2D eigenvalue weighted by Gasteiger charge is -2.14. The Bertz CT molecular complexity index is 769. The van der Waals surface area contributed by atoms with Crippen LogP contribution in [0.3, 0.4) is 0 Å². The van der Waals surface area contributed by atoms with Crippen molar-refractivity contribution in [2.75, 3.05) is 13.7 Å². The summed E-state index contributed by atoms with van der Waals surface area (Å²) in [5.74, 6) is 0.843. The first-order valence-electron chi connectivity index (χ1n) is 8.82. The zero-order chi connectivity index (χ0) is 17.6. The molecule has 2 aromatic rings. The third-order valence-electron chi connectivity index (χ3n) is 4.46. The highest BCUT2D eigenvalue weighted by Crippen LogP contribution is 2.26. The van der Waals surface area contributed by atoms with Crippen LogP contribution in [0.4, 0.5) is 0 Å². The van der Waals surface area contributed by atoms with Gasteiger partial charge in [0.05, 0.1) is 23.4 Å². The molecule has 1 atom stereocenters. The molecule has 1 heterocycles. The number of hydrogen-bond acceptors (Lipinski definition) is 4. The Hall–Kier alpha value is -1.95. The van der Waals surface area contributed by atoms with Gasteiger partial charge in [-0.25, -0.2) is 4.98 Å². The number of aromatic nitrogens is 2. The molecule has 3 rings (SSSR count). The molecular weight excluding hydrogens is 334 g/mol. The zero-order valence-corrected chi connectivity index (χ0v) is 15.6. The van der Waals surface area contributed by atoms with Crippen LogP contribution in [0.1, 0.15) is 39.0 Å². The smallest absolute Gasteiger partial charge is 0.233 e. The highest BCUT2D eigenvalue weighted by atomic mass is 32.2. The molecule has 1 aromatic heterocycles. The number of carbonyl (C=O) groups is 1. The molecule has 1 aromatic carbocycles. The van der Waals surface area contributed by atoms with Crippen molar-refractivity contribution in [3.63, 3.8) is 0 Å². The number of allylic oxidation sites excluding steroid dienone is 1. The number of amides is 1. The van der Waals surface area contributed by atoms with Gasteiger partial charge in [0, 0.05) is 12.6 Å². The summed E-state index contributed by atoms with van der Waals surface area (Å²) in [6.45, 7) is 2.63. The second-order valence-corrected chi connectivity index (χ2v) is 7.66. The van der Waals surface area contributed by atoms with Crippen molar-refractivity contribution in [3.05, 3.63) is 29.8 Å². The number of benzene rings is 1. The molecule has 0 radical (unpaired) electrons. The van der Waals surface area contributed by atoms with Gasteiger partial charge in [-0.3, -0.25) is 4.79 Å². The summed E-state index contributed by atoms with van der Waals surface area (Å²) in [5, 5.41) is 3.60. The second-order valence-electron chi connectivity index (χ2n) is 6.33. The van der Waals surface area contributed by atoms with E-state index >= 15 is 0 Å². The molecule has 134 valence electrons. The van der Waals surface area contributed by atoms with Crippen LogP contribution in [-0.2, 0) is 4.79 Å². The lowest BCUT2D eigenvalue weighted by Crippen LogP contribution is -2.31. The van der Waals surface area contributed by atoms with Gasteiger partial charge in [0.2, 0.25) is 5.91 Å². The van der Waals surface area contributed by atoms with Crippen molar-refractivity contribution >= 4 is 28.7 Å². The fraction of sp³-hybridized carbons (Fsp3) is 0.474. The number of aromatic amines is 1. The number of methoxy groups -OCH3 is 1. The summed E-state index contributed by atoms with van der Waals surface area (Å²) in [7, 11) is 1.64. The van der Waals surface area contributed by atoms with Gasteiger partial charge in [0.15, 0.2) is 5.16 Å². The Morgan fingerprint density at radius 3 is 3.08 bits per heavy atom. The Morgan fingerprint density at radius 2 is 2.32 bits per heavy atom. The number of imidazole rings is 1. The third kappa shape index (κ3) is 4.78. The standard InChI is InChI=1S/C19H25N3O2S/c1-13(18(23)20-11-10-14-6-4-3-5-7-14)25-19-21-16-9-8-15(24-2)12-17(16)22-19/h6,8-9,12-13H,3-5,7,10-11H2,1-2H3,(H,20,23)(H,21,22)/t13-/m0/s1. The molecule has 6 heteroatoms. The van der Waals surface area contributed by atoms with E-state index in [1.807, 2.05) is 25.1 Å². The normalized spacial score (nSPS) is 15.7. The van der Waals surface area contributed by atoms with Crippen LogP contribution >= 0.6 is 11.8 Å². The van der Waals surface area contributed by atoms with Crippen molar-refractivity contribution in [3.8, 4) is 5.75 Å². The molecule has 25 heavy (non-hydrogen) atoms. The highest BCUT2D eigenvalue weighted by molar-refractivity contribution is 8.00. The number of thioether (sulfide) groups is 1. The van der Waals surface area contributed by atoms with Gasteiger partial charge < -0.3 is 15.0 Å². The molecule has 0 unspecified atom stereocenters. The monoisotopic (exact) mass is 359 g/mol. The van der Waals surface area contributed by atoms with E-state index in [4.69, 9.17) is 4.74 Å². The van der Waals surface area contributed by atoms with Gasteiger partial charge in [0.1, 0.15) is 5.75 Å². The topological polar surface area (TPSA) is 67.0 Å². The minimum atomic E-state index is -0.192. The average molecular weight is 359 g/mol. The Balaban J connectivity index is 1.51. The maximum atomic E-state index is 12.3. The van der Waals surface area contributed by atoms with E-state index in [9.17, 15) is 4.79 Å². The summed E-state index contributed by atoms with van der Waals surface area (Å²) in [6.07, 6.45) is 8.24. The number of H-pyrrole nitrogens is 1. The van der Waals surface area contributed by atoms with Crippen LogP contribution in [0, 0.1) is 0 Å². The molecule has 2 N–H and O–H groups in total. The number of nitrogens with one attached hydrogen (secondary N) is 2. The van der Waals surface area contributed by atoms with Crippen LogP contribution < -0.4 is 10.1 Å². The molecule has 0 saturated heterocycles. The second kappa shape index (κ2) is 8.43. The van der Waals surface area contributed by atoms with Crippen molar-refractivity contribution in [1.82, 2.24) is 15.3 Å². The molecule has 1 aliphatic rings. The summed E-state index contributed by atoms with van der Waals surface area (Å²) in [5.41, 5.74) is 3.27. The van der Waals surface area contributed by atoms with Crippen LogP contribution in [0.15, 0.2) is 35.0 Å². The molecule has 0 fully saturated rings. The fourth-order valence-electron chi connectivity index (χ4n) is 2.99. The Morgan fingerprint density at radius 1 is 1.44 bits per heavy atom. The van der Waals surface area contributed by atoms with Gasteiger partial charge >= 0.3 is 0 Å². The largest absolute Gasteiger partial charge is 0.497 e. The molecule has 0 bridgehead atoms. The van der Waals surface area contributed by atoms with Crippen LogP contribution in [0.5, 0.6) is 5.75 Å². The quantitative estimate of drug-likeness (QED) is 0.578. The van der Waals surface area contributed by atoms with E-state index in [2.05, 4.69) is 21.4 Å². The third-order valence-corrected chi connectivity index (χ3v) is 5.44. The molecule has 0 saturated carbocycles. The molecule has 0 aliphatic heterocycles.